The van der Waals surface area contributed by atoms with Crippen LogP contribution in [-0.2, 0) is 0 Å². The maximum absolute atomic E-state index is 12.5. The Morgan fingerprint density at radius 2 is 1.96 bits per heavy atom. The van der Waals surface area contributed by atoms with E-state index >= 15 is 0 Å². The van der Waals surface area contributed by atoms with E-state index in [1.165, 1.54) is 0 Å². The van der Waals surface area contributed by atoms with E-state index < -0.39 is 5.63 Å². The lowest BCUT2D eigenvalue weighted by atomic mass is 10.1. The Hall–Kier alpha value is -2.63. The summed E-state index contributed by atoms with van der Waals surface area (Å²) in [6.07, 6.45) is 3.27. The van der Waals surface area contributed by atoms with Crippen LogP contribution in [0.2, 0.25) is 10.0 Å². The Balaban J connectivity index is 2.01. The Kier molecular flexibility index (Phi) is 4.05. The highest BCUT2D eigenvalue weighted by Crippen LogP contribution is 2.30. The summed E-state index contributed by atoms with van der Waals surface area (Å²) in [5, 5.41) is 1.34. The van der Waals surface area contributed by atoms with E-state index in [9.17, 15) is 4.79 Å². The molecule has 3 aromatic heterocycles. The van der Waals surface area contributed by atoms with Gasteiger partial charge in [-0.2, -0.15) is 0 Å². The lowest BCUT2D eigenvalue weighted by Gasteiger charge is -2.09. The molecule has 5 nitrogen and oxygen atoms in total. The third-order valence-electron chi connectivity index (χ3n) is 4.04. The molecule has 0 saturated heterocycles. The topological polar surface area (TPSA) is 60.9 Å². The molecule has 0 aliphatic heterocycles. The minimum atomic E-state index is -0.451. The van der Waals surface area contributed by atoms with Crippen molar-refractivity contribution in [2.24, 2.45) is 0 Å². The van der Waals surface area contributed by atoms with Crippen molar-refractivity contribution < 1.29 is 4.42 Å². The zero-order valence-corrected chi connectivity index (χ0v) is 15.5. The van der Waals surface area contributed by atoms with E-state index in [0.29, 0.717) is 32.5 Å². The number of aryl methyl sites for hydroxylation is 2. The molecular weight excluding hydrogens is 373 g/mol. The van der Waals surface area contributed by atoms with Gasteiger partial charge in [-0.3, -0.25) is 4.57 Å². The molecule has 0 unspecified atom stereocenters. The van der Waals surface area contributed by atoms with Gasteiger partial charge in [0.2, 0.25) is 5.89 Å². The molecule has 0 bridgehead atoms. The average Bonchev–Trinajstić information content (AvgIpc) is 2.97. The molecule has 0 saturated carbocycles. The van der Waals surface area contributed by atoms with E-state index in [1.807, 2.05) is 19.9 Å². The summed E-state index contributed by atoms with van der Waals surface area (Å²) in [7, 11) is 0. The van der Waals surface area contributed by atoms with Crippen LogP contribution in [0, 0.1) is 13.8 Å². The maximum Gasteiger partial charge on any atom is 0.347 e. The number of nitrogens with zero attached hydrogens (tertiary/aromatic N) is 3. The summed E-state index contributed by atoms with van der Waals surface area (Å²) in [4.78, 5) is 21.4. The number of benzene rings is 1. The first-order valence-corrected chi connectivity index (χ1v) is 8.61. The summed E-state index contributed by atoms with van der Waals surface area (Å²) in [6.45, 7) is 3.83. The van der Waals surface area contributed by atoms with Crippen molar-refractivity contribution in [3.05, 3.63) is 74.3 Å². The van der Waals surface area contributed by atoms with Crippen molar-refractivity contribution in [2.75, 3.05) is 0 Å². The number of hydrogen-bond acceptors (Lipinski definition) is 4. The fourth-order valence-electron chi connectivity index (χ4n) is 2.97. The number of pyridine rings is 1. The summed E-state index contributed by atoms with van der Waals surface area (Å²) < 4.78 is 7.14. The SMILES string of the molecule is Cc1cc(C)c2nc(-c3cc(Cl)cn3-c3ncccc3Cl)oc(=O)c2c1. The van der Waals surface area contributed by atoms with E-state index in [4.69, 9.17) is 27.6 Å². The molecule has 0 spiro atoms. The van der Waals surface area contributed by atoms with Gasteiger partial charge in [0.1, 0.15) is 5.69 Å². The molecule has 7 heteroatoms. The molecule has 0 radical (unpaired) electrons. The van der Waals surface area contributed by atoms with Crippen molar-refractivity contribution in [3.8, 4) is 17.4 Å². The van der Waals surface area contributed by atoms with Crippen LogP contribution in [0.1, 0.15) is 11.1 Å². The quantitative estimate of drug-likeness (QED) is 0.488. The number of fused-ring (bicyclic) bond motifs is 1. The van der Waals surface area contributed by atoms with Crippen molar-refractivity contribution in [2.45, 2.75) is 13.8 Å². The van der Waals surface area contributed by atoms with Gasteiger partial charge in [0.25, 0.3) is 0 Å². The fourth-order valence-corrected chi connectivity index (χ4v) is 3.38. The Labute approximate surface area is 158 Å². The van der Waals surface area contributed by atoms with Crippen LogP contribution in [0.3, 0.4) is 0 Å². The Morgan fingerprint density at radius 1 is 1.15 bits per heavy atom. The van der Waals surface area contributed by atoms with Crippen molar-refractivity contribution in [1.29, 1.82) is 0 Å². The van der Waals surface area contributed by atoms with Crippen molar-refractivity contribution in [3.63, 3.8) is 0 Å². The first-order chi connectivity index (χ1) is 12.4. The second-order valence-corrected chi connectivity index (χ2v) is 6.85. The third-order valence-corrected chi connectivity index (χ3v) is 4.54. The Morgan fingerprint density at radius 3 is 2.73 bits per heavy atom. The minimum Gasteiger partial charge on any atom is -0.401 e. The van der Waals surface area contributed by atoms with Crippen LogP contribution >= 0.6 is 23.2 Å². The highest BCUT2D eigenvalue weighted by atomic mass is 35.5. The van der Waals surface area contributed by atoms with Gasteiger partial charge >= 0.3 is 5.63 Å². The van der Waals surface area contributed by atoms with E-state index in [1.54, 1.807) is 41.2 Å². The molecule has 0 N–H and O–H groups in total. The number of aromatic nitrogens is 3. The number of halogens is 2. The van der Waals surface area contributed by atoms with Gasteiger partial charge in [-0.15, -0.1) is 0 Å². The van der Waals surface area contributed by atoms with Crippen molar-refractivity contribution in [1.82, 2.24) is 14.5 Å². The first-order valence-electron chi connectivity index (χ1n) is 7.85. The van der Waals surface area contributed by atoms with Gasteiger partial charge in [0, 0.05) is 12.4 Å². The van der Waals surface area contributed by atoms with Crippen LogP contribution in [-0.4, -0.2) is 14.5 Å². The molecule has 0 aliphatic carbocycles. The van der Waals surface area contributed by atoms with E-state index in [-0.39, 0.29) is 5.89 Å². The van der Waals surface area contributed by atoms with Gasteiger partial charge in [-0.05, 0) is 49.2 Å². The predicted molar refractivity (Wildman–Crippen MR) is 102 cm³/mol. The maximum atomic E-state index is 12.5. The molecule has 4 aromatic rings. The van der Waals surface area contributed by atoms with Gasteiger partial charge in [-0.1, -0.05) is 29.3 Å². The number of hydrogen-bond donors (Lipinski definition) is 0. The molecule has 0 fully saturated rings. The molecule has 4 rings (SSSR count). The lowest BCUT2D eigenvalue weighted by molar-refractivity contribution is 0.514. The molecule has 130 valence electrons. The third kappa shape index (κ3) is 2.79. The molecule has 1 aromatic carbocycles. The van der Waals surface area contributed by atoms with Crippen LogP contribution in [0.25, 0.3) is 28.3 Å². The zero-order valence-electron chi connectivity index (χ0n) is 14.0. The molecule has 0 amide bonds. The zero-order chi connectivity index (χ0) is 18.4. The van der Waals surface area contributed by atoms with E-state index in [0.717, 1.165) is 11.1 Å². The fraction of sp³-hybridized carbons (Fsp3) is 0.105. The van der Waals surface area contributed by atoms with Crippen LogP contribution in [0.4, 0.5) is 0 Å². The molecule has 0 atom stereocenters. The minimum absolute atomic E-state index is 0.156. The Bertz CT molecular complexity index is 1210. The highest BCUT2D eigenvalue weighted by molar-refractivity contribution is 6.32. The summed E-state index contributed by atoms with van der Waals surface area (Å²) >= 11 is 12.4. The van der Waals surface area contributed by atoms with Crippen LogP contribution < -0.4 is 5.63 Å². The van der Waals surface area contributed by atoms with Gasteiger partial charge in [-0.25, -0.2) is 14.8 Å². The average molecular weight is 386 g/mol. The first kappa shape index (κ1) is 16.8. The summed E-state index contributed by atoms with van der Waals surface area (Å²) in [6, 6.07) is 8.86. The van der Waals surface area contributed by atoms with E-state index in [2.05, 4.69) is 9.97 Å². The standard InChI is InChI=1S/C19H13Cl2N3O2/c1-10-6-11(2)16-13(7-10)19(25)26-18(23-16)15-8-12(20)9-24(15)17-14(21)4-3-5-22-17/h3-9H,1-2H3. The molecule has 26 heavy (non-hydrogen) atoms. The monoisotopic (exact) mass is 385 g/mol. The molecular formula is C19H13Cl2N3O2. The van der Waals surface area contributed by atoms with Gasteiger partial charge < -0.3 is 4.42 Å². The summed E-state index contributed by atoms with van der Waals surface area (Å²) in [5.41, 5.74) is 2.51. The van der Waals surface area contributed by atoms with Gasteiger partial charge in [0.05, 0.1) is 20.9 Å². The second kappa shape index (κ2) is 6.27. The van der Waals surface area contributed by atoms with Crippen LogP contribution in [0.5, 0.6) is 0 Å². The lowest BCUT2D eigenvalue weighted by Crippen LogP contribution is -2.07. The highest BCUT2D eigenvalue weighted by Gasteiger charge is 2.18. The number of rotatable bonds is 2. The van der Waals surface area contributed by atoms with Gasteiger partial charge in [0.15, 0.2) is 5.82 Å². The molecule has 0 aliphatic rings. The van der Waals surface area contributed by atoms with Crippen LogP contribution in [0.15, 0.2) is 51.9 Å². The van der Waals surface area contributed by atoms with Crippen molar-refractivity contribution >= 4 is 34.1 Å². The largest absolute Gasteiger partial charge is 0.401 e. The molecule has 3 heterocycles. The second-order valence-electron chi connectivity index (χ2n) is 6.01. The predicted octanol–water partition coefficient (Wildman–Crippen LogP) is 4.96. The normalized spacial score (nSPS) is 11.2. The smallest absolute Gasteiger partial charge is 0.347 e. The summed E-state index contributed by atoms with van der Waals surface area (Å²) in [5.74, 6) is 0.629.